The Bertz CT molecular complexity index is 364. The quantitative estimate of drug-likeness (QED) is 0.847. The summed E-state index contributed by atoms with van der Waals surface area (Å²) in [6, 6.07) is 8.79. The van der Waals surface area contributed by atoms with Gasteiger partial charge in [0.15, 0.2) is 0 Å². The van der Waals surface area contributed by atoms with Gasteiger partial charge in [-0.1, -0.05) is 50.4 Å². The highest BCUT2D eigenvalue weighted by Crippen LogP contribution is 2.29. The predicted octanol–water partition coefficient (Wildman–Crippen LogP) is 4.25. The Kier molecular flexibility index (Phi) is 4.47. The second-order valence-electron chi connectivity index (χ2n) is 5.38. The molecule has 0 aliphatic heterocycles. The first-order chi connectivity index (χ1) is 8.16. The Labute approximate surface area is 110 Å². The first-order valence-electron chi connectivity index (χ1n) is 6.64. The van der Waals surface area contributed by atoms with Gasteiger partial charge in [0.1, 0.15) is 0 Å². The van der Waals surface area contributed by atoms with Crippen LogP contribution in [0.1, 0.15) is 38.7 Å². The third-order valence-corrected chi connectivity index (χ3v) is 4.40. The Hall–Kier alpha value is -0.530. The van der Waals surface area contributed by atoms with Crippen molar-refractivity contribution in [1.82, 2.24) is 5.32 Å². The normalized spacial score (nSPS) is 29.2. The molecule has 1 fully saturated rings. The van der Waals surface area contributed by atoms with Crippen LogP contribution in [0.5, 0.6) is 0 Å². The monoisotopic (exact) mass is 251 g/mol. The topological polar surface area (TPSA) is 12.0 Å². The molecule has 1 nitrogen and oxygen atoms in total. The zero-order valence-corrected chi connectivity index (χ0v) is 11.5. The number of hydrogen-bond donors (Lipinski definition) is 1. The van der Waals surface area contributed by atoms with Crippen LogP contribution in [0.2, 0.25) is 5.02 Å². The minimum atomic E-state index is 0.665. The van der Waals surface area contributed by atoms with Crippen LogP contribution in [0.15, 0.2) is 24.3 Å². The molecule has 3 unspecified atom stereocenters. The van der Waals surface area contributed by atoms with Gasteiger partial charge in [-0.05, 0) is 36.0 Å². The van der Waals surface area contributed by atoms with Crippen molar-refractivity contribution in [3.8, 4) is 0 Å². The van der Waals surface area contributed by atoms with Gasteiger partial charge in [0.05, 0.1) is 0 Å². The Balaban J connectivity index is 1.89. The smallest absolute Gasteiger partial charge is 0.0409 e. The highest BCUT2D eigenvalue weighted by atomic mass is 35.5. The molecule has 17 heavy (non-hydrogen) atoms. The van der Waals surface area contributed by atoms with Gasteiger partial charge in [-0.2, -0.15) is 0 Å². The van der Waals surface area contributed by atoms with Crippen molar-refractivity contribution in [3.05, 3.63) is 34.9 Å². The van der Waals surface area contributed by atoms with E-state index in [1.807, 2.05) is 18.2 Å². The van der Waals surface area contributed by atoms with Crippen LogP contribution in [-0.4, -0.2) is 6.04 Å². The van der Waals surface area contributed by atoms with Gasteiger partial charge in [0.25, 0.3) is 0 Å². The fraction of sp³-hybridized carbons (Fsp3) is 0.600. The summed E-state index contributed by atoms with van der Waals surface area (Å²) in [5, 5.41) is 4.51. The summed E-state index contributed by atoms with van der Waals surface area (Å²) in [5.74, 6) is 1.63. The highest BCUT2D eigenvalue weighted by molar-refractivity contribution is 6.30. The van der Waals surface area contributed by atoms with Gasteiger partial charge in [0.2, 0.25) is 0 Å². The second-order valence-corrected chi connectivity index (χ2v) is 5.82. The van der Waals surface area contributed by atoms with Crippen LogP contribution >= 0.6 is 11.6 Å². The van der Waals surface area contributed by atoms with Crippen LogP contribution in [0.25, 0.3) is 0 Å². The lowest BCUT2D eigenvalue weighted by Gasteiger charge is -2.34. The molecule has 94 valence electrons. The van der Waals surface area contributed by atoms with E-state index in [1.54, 1.807) is 0 Å². The van der Waals surface area contributed by atoms with Crippen molar-refractivity contribution in [2.75, 3.05) is 0 Å². The molecule has 3 atom stereocenters. The van der Waals surface area contributed by atoms with Gasteiger partial charge in [-0.3, -0.25) is 0 Å². The van der Waals surface area contributed by atoms with Crippen molar-refractivity contribution in [2.24, 2.45) is 11.8 Å². The maximum Gasteiger partial charge on any atom is 0.0409 e. The summed E-state index contributed by atoms with van der Waals surface area (Å²) in [6.45, 7) is 5.68. The molecule has 0 bridgehead atoms. The van der Waals surface area contributed by atoms with Crippen molar-refractivity contribution in [1.29, 1.82) is 0 Å². The maximum absolute atomic E-state index is 5.99. The van der Waals surface area contributed by atoms with Crippen molar-refractivity contribution in [3.63, 3.8) is 0 Å². The van der Waals surface area contributed by atoms with Gasteiger partial charge >= 0.3 is 0 Å². The van der Waals surface area contributed by atoms with Crippen molar-refractivity contribution in [2.45, 2.75) is 45.7 Å². The largest absolute Gasteiger partial charge is 0.310 e. The molecule has 1 aliphatic carbocycles. The molecule has 0 radical (unpaired) electrons. The Morgan fingerprint density at radius 1 is 1.29 bits per heavy atom. The van der Waals surface area contributed by atoms with Crippen LogP contribution < -0.4 is 5.32 Å². The average Bonchev–Trinajstić information content (AvgIpc) is 2.31. The number of rotatable bonds is 3. The minimum absolute atomic E-state index is 0.665. The predicted molar refractivity (Wildman–Crippen MR) is 74.3 cm³/mol. The first kappa shape index (κ1) is 12.9. The SMILES string of the molecule is CC1CCCC(NCc2cccc(Cl)c2)C1C. The van der Waals surface area contributed by atoms with E-state index in [0.29, 0.717) is 6.04 Å². The van der Waals surface area contributed by atoms with Gasteiger partial charge in [0, 0.05) is 17.6 Å². The lowest BCUT2D eigenvalue weighted by molar-refractivity contribution is 0.206. The number of halogens is 1. The maximum atomic E-state index is 5.99. The van der Waals surface area contributed by atoms with Gasteiger partial charge in [-0.15, -0.1) is 0 Å². The van der Waals surface area contributed by atoms with Gasteiger partial charge in [-0.25, -0.2) is 0 Å². The number of benzene rings is 1. The lowest BCUT2D eigenvalue weighted by atomic mass is 9.78. The van der Waals surface area contributed by atoms with E-state index in [1.165, 1.54) is 24.8 Å². The standard InChI is InChI=1S/C15H22ClN/c1-11-5-3-8-15(12(11)2)17-10-13-6-4-7-14(16)9-13/h4,6-7,9,11-12,15,17H,3,5,8,10H2,1-2H3. The molecule has 0 heterocycles. The third kappa shape index (κ3) is 3.46. The summed E-state index contributed by atoms with van der Waals surface area (Å²) in [4.78, 5) is 0. The minimum Gasteiger partial charge on any atom is -0.310 e. The third-order valence-electron chi connectivity index (χ3n) is 4.16. The van der Waals surface area contributed by atoms with Crippen LogP contribution in [0.3, 0.4) is 0 Å². The summed E-state index contributed by atoms with van der Waals surface area (Å²) >= 11 is 5.99. The number of nitrogens with one attached hydrogen (secondary N) is 1. The van der Waals surface area contributed by atoms with E-state index < -0.39 is 0 Å². The molecule has 0 amide bonds. The molecular weight excluding hydrogens is 230 g/mol. The Morgan fingerprint density at radius 2 is 2.12 bits per heavy atom. The average molecular weight is 252 g/mol. The first-order valence-corrected chi connectivity index (χ1v) is 7.02. The molecule has 1 N–H and O–H groups in total. The molecular formula is C15H22ClN. The van der Waals surface area contributed by atoms with Gasteiger partial charge < -0.3 is 5.32 Å². The molecule has 0 spiro atoms. The summed E-state index contributed by atoms with van der Waals surface area (Å²) in [6.07, 6.45) is 4.06. The van der Waals surface area contributed by atoms with Crippen molar-refractivity contribution < 1.29 is 0 Å². The van der Waals surface area contributed by atoms with E-state index in [0.717, 1.165) is 23.4 Å². The zero-order chi connectivity index (χ0) is 12.3. The summed E-state index contributed by atoms with van der Waals surface area (Å²) < 4.78 is 0. The summed E-state index contributed by atoms with van der Waals surface area (Å²) in [5.41, 5.74) is 1.28. The Morgan fingerprint density at radius 3 is 2.88 bits per heavy atom. The van der Waals surface area contributed by atoms with Crippen LogP contribution in [-0.2, 0) is 6.54 Å². The van der Waals surface area contributed by atoms with E-state index in [-0.39, 0.29) is 0 Å². The van der Waals surface area contributed by atoms with E-state index in [4.69, 9.17) is 11.6 Å². The summed E-state index contributed by atoms with van der Waals surface area (Å²) in [7, 11) is 0. The molecule has 1 aliphatic rings. The van der Waals surface area contributed by atoms with Crippen LogP contribution in [0.4, 0.5) is 0 Å². The fourth-order valence-corrected chi connectivity index (χ4v) is 2.98. The molecule has 0 aromatic heterocycles. The molecule has 2 heteroatoms. The number of hydrogen-bond acceptors (Lipinski definition) is 1. The molecule has 1 aromatic carbocycles. The zero-order valence-electron chi connectivity index (χ0n) is 10.7. The lowest BCUT2D eigenvalue weighted by Crippen LogP contribution is -2.40. The van der Waals surface area contributed by atoms with E-state index in [2.05, 4.69) is 25.2 Å². The molecule has 0 saturated heterocycles. The highest BCUT2D eigenvalue weighted by Gasteiger charge is 2.26. The molecule has 1 aromatic rings. The molecule has 1 saturated carbocycles. The van der Waals surface area contributed by atoms with E-state index in [9.17, 15) is 0 Å². The second kappa shape index (κ2) is 5.88. The van der Waals surface area contributed by atoms with Crippen molar-refractivity contribution >= 4 is 11.6 Å². The fourth-order valence-electron chi connectivity index (χ4n) is 2.77. The molecule has 2 rings (SSSR count). The van der Waals surface area contributed by atoms with Crippen LogP contribution in [0, 0.1) is 11.8 Å². The van der Waals surface area contributed by atoms with E-state index >= 15 is 0 Å².